The fraction of sp³-hybridized carbons (Fsp3) is 0.385. The lowest BCUT2D eigenvalue weighted by molar-refractivity contribution is -0.137. The molecule has 0 fully saturated rings. The zero-order valence-electron chi connectivity index (χ0n) is 11.0. The number of hydrogen-bond donors (Lipinski definition) is 2. The van der Waals surface area contributed by atoms with Crippen LogP contribution in [0, 0.1) is 11.6 Å². The van der Waals surface area contributed by atoms with Gasteiger partial charge in [-0.1, -0.05) is 6.92 Å². The molecule has 0 saturated heterocycles. The van der Waals surface area contributed by atoms with Gasteiger partial charge in [-0.25, -0.2) is 8.78 Å². The Hall–Kier alpha value is -2.02. The van der Waals surface area contributed by atoms with Crippen LogP contribution in [0.3, 0.4) is 0 Å². The highest BCUT2D eigenvalue weighted by Gasteiger charge is 2.13. The summed E-state index contributed by atoms with van der Waals surface area (Å²) in [5.74, 6) is -2.87. The molecular formula is C13H16F2N2O3. The zero-order valence-corrected chi connectivity index (χ0v) is 11.0. The number of carbonyl (C=O) groups excluding carboxylic acids is 1. The topological polar surface area (TPSA) is 69.6 Å². The Bertz CT molecular complexity index is 495. The summed E-state index contributed by atoms with van der Waals surface area (Å²) >= 11 is 0. The number of anilines is 1. The molecule has 110 valence electrons. The first-order valence-corrected chi connectivity index (χ1v) is 6.11. The lowest BCUT2D eigenvalue weighted by Crippen LogP contribution is -2.34. The Morgan fingerprint density at radius 1 is 1.35 bits per heavy atom. The van der Waals surface area contributed by atoms with E-state index in [9.17, 15) is 18.4 Å². The Kier molecular flexibility index (Phi) is 6.05. The Labute approximate surface area is 115 Å². The molecule has 0 radical (unpaired) electrons. The summed E-state index contributed by atoms with van der Waals surface area (Å²) in [6, 6.07) is 2.77. The van der Waals surface area contributed by atoms with E-state index in [2.05, 4.69) is 5.32 Å². The van der Waals surface area contributed by atoms with Crippen LogP contribution in [-0.2, 0) is 9.59 Å². The summed E-state index contributed by atoms with van der Waals surface area (Å²) in [7, 11) is 0. The van der Waals surface area contributed by atoms with Crippen molar-refractivity contribution in [3.8, 4) is 0 Å². The van der Waals surface area contributed by atoms with Crippen molar-refractivity contribution >= 4 is 17.6 Å². The third-order valence-electron chi connectivity index (χ3n) is 2.66. The van der Waals surface area contributed by atoms with Crippen molar-refractivity contribution in [3.05, 3.63) is 29.8 Å². The van der Waals surface area contributed by atoms with Crippen LogP contribution in [0.15, 0.2) is 18.2 Å². The van der Waals surface area contributed by atoms with Crippen molar-refractivity contribution in [2.75, 3.05) is 25.0 Å². The van der Waals surface area contributed by atoms with E-state index in [0.717, 1.165) is 18.2 Å². The van der Waals surface area contributed by atoms with E-state index < -0.39 is 23.5 Å². The van der Waals surface area contributed by atoms with Crippen molar-refractivity contribution in [1.82, 2.24) is 4.90 Å². The van der Waals surface area contributed by atoms with Gasteiger partial charge in [-0.05, 0) is 18.7 Å². The first-order chi connectivity index (χ1) is 9.42. The standard InChI is InChI=1S/C13H16F2N2O3/c1-2-17(6-5-13(19)20)8-12(18)16-11-7-9(14)3-4-10(11)15/h3-4,7H,2,5-6,8H2,1H3,(H,16,18)(H,19,20). The maximum Gasteiger partial charge on any atom is 0.304 e. The van der Waals surface area contributed by atoms with E-state index in [1.165, 1.54) is 0 Å². The molecular weight excluding hydrogens is 270 g/mol. The average molecular weight is 286 g/mol. The van der Waals surface area contributed by atoms with E-state index >= 15 is 0 Å². The van der Waals surface area contributed by atoms with Crippen molar-refractivity contribution in [2.45, 2.75) is 13.3 Å². The van der Waals surface area contributed by atoms with E-state index in [1.807, 2.05) is 0 Å². The first-order valence-electron chi connectivity index (χ1n) is 6.11. The van der Waals surface area contributed by atoms with Crippen LogP contribution in [0.25, 0.3) is 0 Å². The van der Waals surface area contributed by atoms with Crippen molar-refractivity contribution < 1.29 is 23.5 Å². The monoisotopic (exact) mass is 286 g/mol. The minimum atomic E-state index is -0.958. The van der Waals surface area contributed by atoms with Gasteiger partial charge in [0.1, 0.15) is 11.6 Å². The van der Waals surface area contributed by atoms with Crippen LogP contribution in [0.5, 0.6) is 0 Å². The van der Waals surface area contributed by atoms with Gasteiger partial charge in [0.25, 0.3) is 0 Å². The third-order valence-corrected chi connectivity index (χ3v) is 2.66. The Morgan fingerprint density at radius 3 is 2.65 bits per heavy atom. The van der Waals surface area contributed by atoms with E-state index in [0.29, 0.717) is 6.54 Å². The number of nitrogens with one attached hydrogen (secondary N) is 1. The zero-order chi connectivity index (χ0) is 15.1. The molecule has 0 aromatic heterocycles. The largest absolute Gasteiger partial charge is 0.481 e. The van der Waals surface area contributed by atoms with Crippen LogP contribution < -0.4 is 5.32 Å². The van der Waals surface area contributed by atoms with Crippen molar-refractivity contribution in [3.63, 3.8) is 0 Å². The number of likely N-dealkylation sites (N-methyl/N-ethyl adjacent to an activating group) is 1. The van der Waals surface area contributed by atoms with Gasteiger partial charge < -0.3 is 10.4 Å². The van der Waals surface area contributed by atoms with Gasteiger partial charge in [-0.3, -0.25) is 14.5 Å². The summed E-state index contributed by atoms with van der Waals surface area (Å²) in [6.45, 7) is 2.38. The van der Waals surface area contributed by atoms with Gasteiger partial charge >= 0.3 is 5.97 Å². The smallest absolute Gasteiger partial charge is 0.304 e. The predicted octanol–water partition coefficient (Wildman–Crippen LogP) is 1.70. The van der Waals surface area contributed by atoms with Gasteiger partial charge in [0.15, 0.2) is 0 Å². The Balaban J connectivity index is 2.57. The minimum Gasteiger partial charge on any atom is -0.481 e. The normalized spacial score (nSPS) is 10.6. The molecule has 20 heavy (non-hydrogen) atoms. The molecule has 0 heterocycles. The second-order valence-electron chi connectivity index (χ2n) is 4.18. The number of carbonyl (C=O) groups is 2. The number of carboxylic acid groups (broad SMARTS) is 1. The van der Waals surface area contributed by atoms with Crippen LogP contribution in [0.1, 0.15) is 13.3 Å². The molecule has 1 aromatic rings. The highest BCUT2D eigenvalue weighted by molar-refractivity contribution is 5.92. The molecule has 0 saturated carbocycles. The molecule has 0 spiro atoms. The second kappa shape index (κ2) is 7.54. The van der Waals surface area contributed by atoms with Crippen LogP contribution in [-0.4, -0.2) is 41.5 Å². The quantitative estimate of drug-likeness (QED) is 0.800. The lowest BCUT2D eigenvalue weighted by Gasteiger charge is -2.18. The first kappa shape index (κ1) is 16.0. The molecule has 1 aromatic carbocycles. The molecule has 1 rings (SSSR count). The van der Waals surface area contributed by atoms with Gasteiger partial charge in [0.05, 0.1) is 18.7 Å². The lowest BCUT2D eigenvalue weighted by atomic mass is 10.3. The molecule has 0 aliphatic carbocycles. The van der Waals surface area contributed by atoms with Crippen molar-refractivity contribution in [2.24, 2.45) is 0 Å². The maximum absolute atomic E-state index is 13.3. The number of benzene rings is 1. The number of hydrogen-bond acceptors (Lipinski definition) is 3. The summed E-state index contributed by atoms with van der Waals surface area (Å²) in [5, 5.41) is 10.8. The SMILES string of the molecule is CCN(CCC(=O)O)CC(=O)Nc1cc(F)ccc1F. The molecule has 0 aliphatic rings. The van der Waals surface area contributed by atoms with Gasteiger partial charge in [-0.15, -0.1) is 0 Å². The fourth-order valence-corrected chi connectivity index (χ4v) is 1.59. The fourth-order valence-electron chi connectivity index (χ4n) is 1.59. The van der Waals surface area contributed by atoms with E-state index in [4.69, 9.17) is 5.11 Å². The summed E-state index contributed by atoms with van der Waals surface area (Å²) < 4.78 is 26.3. The number of halogens is 2. The Morgan fingerprint density at radius 2 is 2.05 bits per heavy atom. The average Bonchev–Trinajstić information content (AvgIpc) is 2.38. The molecule has 2 N–H and O–H groups in total. The van der Waals surface area contributed by atoms with Gasteiger partial charge in [0.2, 0.25) is 5.91 Å². The summed E-state index contributed by atoms with van der Waals surface area (Å²) in [6.07, 6.45) is -0.0879. The van der Waals surface area contributed by atoms with Crippen molar-refractivity contribution in [1.29, 1.82) is 0 Å². The molecule has 0 bridgehead atoms. The van der Waals surface area contributed by atoms with Crippen LogP contribution in [0.2, 0.25) is 0 Å². The highest BCUT2D eigenvalue weighted by atomic mass is 19.1. The number of aliphatic carboxylic acids is 1. The number of nitrogens with zero attached hydrogens (tertiary/aromatic N) is 1. The van der Waals surface area contributed by atoms with E-state index in [-0.39, 0.29) is 25.2 Å². The van der Waals surface area contributed by atoms with Gasteiger partial charge in [-0.2, -0.15) is 0 Å². The minimum absolute atomic E-state index is 0.0836. The van der Waals surface area contributed by atoms with Crippen LogP contribution >= 0.6 is 0 Å². The predicted molar refractivity (Wildman–Crippen MR) is 69.4 cm³/mol. The van der Waals surface area contributed by atoms with E-state index in [1.54, 1.807) is 11.8 Å². The van der Waals surface area contributed by atoms with Crippen LogP contribution in [0.4, 0.5) is 14.5 Å². The molecule has 0 unspecified atom stereocenters. The third kappa shape index (κ3) is 5.31. The number of rotatable bonds is 7. The summed E-state index contributed by atoms with van der Waals surface area (Å²) in [4.78, 5) is 23.8. The number of amides is 1. The molecule has 0 aliphatic heterocycles. The van der Waals surface area contributed by atoms with Gasteiger partial charge in [0, 0.05) is 12.6 Å². The molecule has 0 atom stereocenters. The highest BCUT2D eigenvalue weighted by Crippen LogP contribution is 2.15. The second-order valence-corrected chi connectivity index (χ2v) is 4.18. The molecule has 5 nitrogen and oxygen atoms in total. The maximum atomic E-state index is 13.3. The molecule has 7 heteroatoms. The molecule has 1 amide bonds. The number of carboxylic acids is 1. The summed E-state index contributed by atoms with van der Waals surface area (Å²) in [5.41, 5.74) is -0.232.